The molecule has 0 bridgehead atoms. The summed E-state index contributed by atoms with van der Waals surface area (Å²) in [6, 6.07) is 8.75. The van der Waals surface area contributed by atoms with Crippen molar-refractivity contribution in [3.8, 4) is 0 Å². The SMILES string of the molecule is CNC(=O)c1ccc(S(=O)(=O)N[C@H](C)c2ccc(C)o2)cc1. The maximum atomic E-state index is 12.3. The third kappa shape index (κ3) is 3.55. The van der Waals surface area contributed by atoms with Gasteiger partial charge >= 0.3 is 0 Å². The van der Waals surface area contributed by atoms with Gasteiger partial charge in [-0.15, -0.1) is 0 Å². The van der Waals surface area contributed by atoms with E-state index in [9.17, 15) is 13.2 Å². The number of benzene rings is 1. The van der Waals surface area contributed by atoms with Crippen LogP contribution in [-0.2, 0) is 10.0 Å². The van der Waals surface area contributed by atoms with Gasteiger partial charge in [0.2, 0.25) is 10.0 Å². The molecule has 2 rings (SSSR count). The van der Waals surface area contributed by atoms with E-state index in [4.69, 9.17) is 4.42 Å². The Labute approximate surface area is 129 Å². The number of hydrogen-bond acceptors (Lipinski definition) is 4. The van der Waals surface area contributed by atoms with Gasteiger partial charge in [0.1, 0.15) is 11.5 Å². The average molecular weight is 322 g/mol. The summed E-state index contributed by atoms with van der Waals surface area (Å²) in [7, 11) is -2.17. The Balaban J connectivity index is 2.18. The molecule has 0 saturated carbocycles. The Morgan fingerprint density at radius 1 is 1.14 bits per heavy atom. The monoisotopic (exact) mass is 322 g/mol. The van der Waals surface area contributed by atoms with E-state index in [-0.39, 0.29) is 10.8 Å². The quantitative estimate of drug-likeness (QED) is 0.881. The molecule has 1 amide bonds. The predicted molar refractivity (Wildman–Crippen MR) is 82.0 cm³/mol. The molecule has 1 aromatic carbocycles. The summed E-state index contributed by atoms with van der Waals surface area (Å²) in [5.74, 6) is 0.996. The summed E-state index contributed by atoms with van der Waals surface area (Å²) in [5, 5.41) is 2.48. The van der Waals surface area contributed by atoms with Crippen molar-refractivity contribution in [1.29, 1.82) is 0 Å². The maximum Gasteiger partial charge on any atom is 0.251 e. The molecular weight excluding hydrogens is 304 g/mol. The van der Waals surface area contributed by atoms with Crippen LogP contribution in [0.1, 0.15) is 34.8 Å². The Hall–Kier alpha value is -2.12. The number of nitrogens with one attached hydrogen (secondary N) is 2. The number of amides is 1. The number of sulfonamides is 1. The molecule has 7 heteroatoms. The third-order valence-electron chi connectivity index (χ3n) is 3.17. The lowest BCUT2D eigenvalue weighted by Crippen LogP contribution is -2.26. The smallest absolute Gasteiger partial charge is 0.251 e. The highest BCUT2D eigenvalue weighted by atomic mass is 32.2. The molecule has 1 heterocycles. The normalized spacial score (nSPS) is 12.9. The minimum absolute atomic E-state index is 0.0929. The topological polar surface area (TPSA) is 88.4 Å². The lowest BCUT2D eigenvalue weighted by atomic mass is 10.2. The summed E-state index contributed by atoms with van der Waals surface area (Å²) in [4.78, 5) is 11.5. The van der Waals surface area contributed by atoms with E-state index < -0.39 is 16.1 Å². The molecular formula is C15H18N2O4S. The van der Waals surface area contributed by atoms with E-state index in [2.05, 4.69) is 10.0 Å². The zero-order valence-electron chi connectivity index (χ0n) is 12.6. The summed E-state index contributed by atoms with van der Waals surface area (Å²) in [6.07, 6.45) is 0. The van der Waals surface area contributed by atoms with Crippen molar-refractivity contribution >= 4 is 15.9 Å². The van der Waals surface area contributed by atoms with Crippen LogP contribution in [0, 0.1) is 6.92 Å². The zero-order valence-corrected chi connectivity index (χ0v) is 13.4. The maximum absolute atomic E-state index is 12.3. The van der Waals surface area contributed by atoms with Crippen LogP contribution in [0.5, 0.6) is 0 Å². The Morgan fingerprint density at radius 3 is 2.27 bits per heavy atom. The van der Waals surface area contributed by atoms with Crippen molar-refractivity contribution in [1.82, 2.24) is 10.0 Å². The minimum atomic E-state index is -3.69. The van der Waals surface area contributed by atoms with E-state index >= 15 is 0 Å². The lowest BCUT2D eigenvalue weighted by Gasteiger charge is -2.12. The van der Waals surface area contributed by atoms with Crippen LogP contribution in [0.3, 0.4) is 0 Å². The van der Waals surface area contributed by atoms with E-state index in [1.165, 1.54) is 31.3 Å². The van der Waals surface area contributed by atoms with Crippen molar-refractivity contribution in [3.63, 3.8) is 0 Å². The van der Waals surface area contributed by atoms with E-state index in [0.29, 0.717) is 11.3 Å². The van der Waals surface area contributed by atoms with Gasteiger partial charge in [0.15, 0.2) is 0 Å². The predicted octanol–water partition coefficient (Wildman–Crippen LogP) is 1.99. The van der Waals surface area contributed by atoms with Crippen molar-refractivity contribution in [3.05, 3.63) is 53.5 Å². The van der Waals surface area contributed by atoms with Crippen LogP contribution in [-0.4, -0.2) is 21.4 Å². The molecule has 0 aliphatic rings. The highest BCUT2D eigenvalue weighted by Gasteiger charge is 2.20. The second-order valence-corrected chi connectivity index (χ2v) is 6.61. The van der Waals surface area contributed by atoms with Gasteiger partial charge in [-0.3, -0.25) is 4.79 Å². The lowest BCUT2D eigenvalue weighted by molar-refractivity contribution is 0.0963. The first-order valence-corrected chi connectivity index (χ1v) is 8.22. The Morgan fingerprint density at radius 2 is 1.77 bits per heavy atom. The van der Waals surface area contributed by atoms with Crippen LogP contribution < -0.4 is 10.0 Å². The third-order valence-corrected chi connectivity index (χ3v) is 4.73. The molecule has 0 saturated heterocycles. The second-order valence-electron chi connectivity index (χ2n) is 4.89. The van der Waals surface area contributed by atoms with Gasteiger partial charge in [0.05, 0.1) is 10.9 Å². The zero-order chi connectivity index (χ0) is 16.3. The Bertz CT molecular complexity index is 763. The molecule has 0 fully saturated rings. The fourth-order valence-corrected chi connectivity index (χ4v) is 3.19. The number of furan rings is 1. The molecule has 22 heavy (non-hydrogen) atoms. The molecule has 2 N–H and O–H groups in total. The molecule has 1 atom stereocenters. The first-order valence-electron chi connectivity index (χ1n) is 6.74. The van der Waals surface area contributed by atoms with E-state index in [1.54, 1.807) is 26.0 Å². The van der Waals surface area contributed by atoms with Gasteiger partial charge in [-0.2, -0.15) is 0 Å². The summed E-state index contributed by atoms with van der Waals surface area (Å²) < 4.78 is 32.6. The highest BCUT2D eigenvalue weighted by Crippen LogP contribution is 2.19. The molecule has 0 radical (unpaired) electrons. The van der Waals surface area contributed by atoms with Crippen LogP contribution in [0.2, 0.25) is 0 Å². The molecule has 2 aromatic rings. The largest absolute Gasteiger partial charge is 0.465 e. The Kier molecular flexibility index (Phi) is 4.68. The first kappa shape index (κ1) is 16.3. The van der Waals surface area contributed by atoms with Gasteiger partial charge in [-0.05, 0) is 50.2 Å². The summed E-state index contributed by atoms with van der Waals surface area (Å²) in [5.41, 5.74) is 0.399. The molecule has 0 aliphatic carbocycles. The van der Waals surface area contributed by atoms with Crippen molar-refractivity contribution in [2.75, 3.05) is 7.05 Å². The van der Waals surface area contributed by atoms with Crippen LogP contribution >= 0.6 is 0 Å². The van der Waals surface area contributed by atoms with Crippen molar-refractivity contribution in [2.24, 2.45) is 0 Å². The van der Waals surface area contributed by atoms with Crippen LogP contribution in [0.4, 0.5) is 0 Å². The van der Waals surface area contributed by atoms with Crippen LogP contribution in [0.25, 0.3) is 0 Å². The molecule has 0 unspecified atom stereocenters. The van der Waals surface area contributed by atoms with Crippen LogP contribution in [0.15, 0.2) is 45.7 Å². The molecule has 1 aromatic heterocycles. The number of hydrogen-bond donors (Lipinski definition) is 2. The number of carbonyl (C=O) groups excluding carboxylic acids is 1. The standard InChI is InChI=1S/C15H18N2O4S/c1-10-4-9-14(21-10)11(2)17-22(19,20)13-7-5-12(6-8-13)15(18)16-3/h4-9,11,17H,1-3H3,(H,16,18)/t11-/m1/s1. The fraction of sp³-hybridized carbons (Fsp3) is 0.267. The van der Waals surface area contributed by atoms with Gasteiger partial charge in [-0.25, -0.2) is 13.1 Å². The average Bonchev–Trinajstić information content (AvgIpc) is 2.93. The summed E-state index contributed by atoms with van der Waals surface area (Å²) in [6.45, 7) is 3.50. The molecule has 6 nitrogen and oxygen atoms in total. The van der Waals surface area contributed by atoms with Crippen molar-refractivity contribution < 1.29 is 17.6 Å². The molecule has 0 aliphatic heterocycles. The van der Waals surface area contributed by atoms with Gasteiger partial charge in [0, 0.05) is 12.6 Å². The fourth-order valence-electron chi connectivity index (χ4n) is 1.97. The number of rotatable bonds is 5. The van der Waals surface area contributed by atoms with Gasteiger partial charge in [-0.1, -0.05) is 0 Å². The molecule has 0 spiro atoms. The minimum Gasteiger partial charge on any atom is -0.465 e. The first-order chi connectivity index (χ1) is 10.3. The van der Waals surface area contributed by atoms with E-state index in [0.717, 1.165) is 5.76 Å². The highest BCUT2D eigenvalue weighted by molar-refractivity contribution is 7.89. The number of aryl methyl sites for hydroxylation is 1. The number of carbonyl (C=O) groups is 1. The van der Waals surface area contributed by atoms with Gasteiger partial charge < -0.3 is 9.73 Å². The van der Waals surface area contributed by atoms with Gasteiger partial charge in [0.25, 0.3) is 5.91 Å². The summed E-state index contributed by atoms with van der Waals surface area (Å²) >= 11 is 0. The van der Waals surface area contributed by atoms with E-state index in [1.807, 2.05) is 0 Å². The second kappa shape index (κ2) is 6.33. The van der Waals surface area contributed by atoms with Crippen molar-refractivity contribution in [2.45, 2.75) is 24.8 Å². The molecule has 118 valence electrons.